The summed E-state index contributed by atoms with van der Waals surface area (Å²) < 4.78 is 0. The molecule has 5 atom stereocenters. The van der Waals surface area contributed by atoms with Crippen LogP contribution in [0.4, 0.5) is 0 Å². The highest BCUT2D eigenvalue weighted by molar-refractivity contribution is 5.87. The van der Waals surface area contributed by atoms with E-state index in [1.807, 2.05) is 18.2 Å². The summed E-state index contributed by atoms with van der Waals surface area (Å²) in [5.74, 6) is -2.10. The number of fused-ring (bicyclic) bond motifs is 2. The monoisotopic (exact) mass is 262 g/mol. The van der Waals surface area contributed by atoms with Crippen LogP contribution in [0.1, 0.15) is 19.8 Å². The average molecular weight is 262 g/mol. The first-order valence-corrected chi connectivity index (χ1v) is 6.52. The number of allylic oxidation sites excluding steroid dienone is 2. The maximum Gasteiger partial charge on any atom is 0.307 e. The number of carboxylic acid groups (broad SMARTS) is 1. The second-order valence-corrected chi connectivity index (χ2v) is 5.50. The van der Waals surface area contributed by atoms with E-state index in [0.717, 1.165) is 6.42 Å². The van der Waals surface area contributed by atoms with E-state index < -0.39 is 17.8 Å². The van der Waals surface area contributed by atoms with E-state index in [0.29, 0.717) is 0 Å². The van der Waals surface area contributed by atoms with E-state index in [9.17, 15) is 14.7 Å². The van der Waals surface area contributed by atoms with E-state index in [-0.39, 0.29) is 30.2 Å². The molecule has 1 fully saturated rings. The van der Waals surface area contributed by atoms with Gasteiger partial charge in [-0.15, -0.1) is 0 Å². The molecule has 0 saturated heterocycles. The molecule has 1 saturated carbocycles. The molecule has 0 radical (unpaired) electrons. The molecule has 0 spiro atoms. The van der Waals surface area contributed by atoms with Gasteiger partial charge in [-0.2, -0.15) is 5.26 Å². The van der Waals surface area contributed by atoms with E-state index in [1.54, 1.807) is 14.0 Å². The minimum atomic E-state index is -0.892. The lowest BCUT2D eigenvalue weighted by molar-refractivity contribution is -0.151. The highest BCUT2D eigenvalue weighted by Gasteiger charge is 2.52. The SMILES string of the molecule is CC(CC#N)N(C)C(=O)C1C2C=CC(C2)C1C(=O)O. The van der Waals surface area contributed by atoms with Crippen LogP contribution >= 0.6 is 0 Å². The van der Waals surface area contributed by atoms with Crippen molar-refractivity contribution in [2.45, 2.75) is 25.8 Å². The zero-order valence-corrected chi connectivity index (χ0v) is 11.1. The predicted molar refractivity (Wildman–Crippen MR) is 67.8 cm³/mol. The van der Waals surface area contributed by atoms with Crippen LogP contribution in [0.3, 0.4) is 0 Å². The van der Waals surface area contributed by atoms with Crippen LogP contribution in [-0.2, 0) is 9.59 Å². The van der Waals surface area contributed by atoms with E-state index in [1.165, 1.54) is 4.90 Å². The van der Waals surface area contributed by atoms with Gasteiger partial charge in [0.05, 0.1) is 24.3 Å². The number of aliphatic carboxylic acids is 1. The second-order valence-electron chi connectivity index (χ2n) is 5.50. The van der Waals surface area contributed by atoms with Crippen molar-refractivity contribution in [2.24, 2.45) is 23.7 Å². The van der Waals surface area contributed by atoms with Crippen LogP contribution in [0.2, 0.25) is 0 Å². The zero-order valence-electron chi connectivity index (χ0n) is 11.1. The Labute approximate surface area is 112 Å². The van der Waals surface area contributed by atoms with Crippen LogP contribution in [-0.4, -0.2) is 35.0 Å². The van der Waals surface area contributed by atoms with Crippen molar-refractivity contribution in [2.75, 3.05) is 7.05 Å². The van der Waals surface area contributed by atoms with Gasteiger partial charge in [-0.1, -0.05) is 12.2 Å². The standard InChI is InChI=1S/C14H18N2O3/c1-8(5-6-15)16(2)13(17)11-9-3-4-10(7-9)12(11)14(18)19/h3-4,8-12H,5,7H2,1-2H3,(H,18,19). The van der Waals surface area contributed by atoms with Gasteiger partial charge in [0.15, 0.2) is 0 Å². The van der Waals surface area contributed by atoms with Crippen LogP contribution in [0.15, 0.2) is 12.2 Å². The molecule has 5 unspecified atom stereocenters. The summed E-state index contributed by atoms with van der Waals surface area (Å²) >= 11 is 0. The number of nitrogens with zero attached hydrogens (tertiary/aromatic N) is 2. The molecule has 2 rings (SSSR count). The molecule has 2 aliphatic rings. The molecule has 0 aliphatic heterocycles. The van der Waals surface area contributed by atoms with E-state index in [2.05, 4.69) is 0 Å². The fourth-order valence-corrected chi connectivity index (χ4v) is 3.22. The van der Waals surface area contributed by atoms with Crippen LogP contribution in [0.5, 0.6) is 0 Å². The highest BCUT2D eigenvalue weighted by atomic mass is 16.4. The van der Waals surface area contributed by atoms with Gasteiger partial charge in [0.1, 0.15) is 0 Å². The predicted octanol–water partition coefficient (Wildman–Crippen LogP) is 1.27. The van der Waals surface area contributed by atoms with Crippen LogP contribution in [0.25, 0.3) is 0 Å². The summed E-state index contributed by atoms with van der Waals surface area (Å²) in [4.78, 5) is 25.4. The first kappa shape index (κ1) is 13.6. The third-order valence-corrected chi connectivity index (χ3v) is 4.43. The Kier molecular flexibility index (Phi) is 3.61. The van der Waals surface area contributed by atoms with Crippen molar-refractivity contribution in [1.82, 2.24) is 4.90 Å². The molecule has 5 heteroatoms. The van der Waals surface area contributed by atoms with E-state index >= 15 is 0 Å². The van der Waals surface area contributed by atoms with Crippen molar-refractivity contribution >= 4 is 11.9 Å². The molecule has 0 aromatic rings. The lowest BCUT2D eigenvalue weighted by Crippen LogP contribution is -2.44. The molecule has 2 bridgehead atoms. The van der Waals surface area contributed by atoms with Crippen molar-refractivity contribution in [3.05, 3.63) is 12.2 Å². The number of hydrogen-bond acceptors (Lipinski definition) is 3. The molecule has 1 amide bonds. The molecule has 5 nitrogen and oxygen atoms in total. The average Bonchev–Trinajstić information content (AvgIpc) is 2.97. The largest absolute Gasteiger partial charge is 0.481 e. The van der Waals surface area contributed by atoms with Gasteiger partial charge in [-0.3, -0.25) is 9.59 Å². The minimum Gasteiger partial charge on any atom is -0.481 e. The number of amides is 1. The third kappa shape index (κ3) is 2.23. The van der Waals surface area contributed by atoms with Gasteiger partial charge in [0, 0.05) is 13.1 Å². The van der Waals surface area contributed by atoms with Gasteiger partial charge >= 0.3 is 5.97 Å². The smallest absolute Gasteiger partial charge is 0.307 e. The van der Waals surface area contributed by atoms with Crippen molar-refractivity contribution in [3.8, 4) is 6.07 Å². The highest BCUT2D eigenvalue weighted by Crippen LogP contribution is 2.48. The summed E-state index contributed by atoms with van der Waals surface area (Å²) in [6, 6.07) is 1.85. The maximum absolute atomic E-state index is 12.5. The van der Waals surface area contributed by atoms with Gasteiger partial charge < -0.3 is 10.0 Å². The molecule has 102 valence electrons. The first-order valence-electron chi connectivity index (χ1n) is 6.52. The molecular weight excluding hydrogens is 244 g/mol. The van der Waals surface area contributed by atoms with E-state index in [4.69, 9.17) is 5.26 Å². The molecule has 19 heavy (non-hydrogen) atoms. The Balaban J connectivity index is 2.16. The quantitative estimate of drug-likeness (QED) is 0.773. The third-order valence-electron chi connectivity index (χ3n) is 4.43. The maximum atomic E-state index is 12.5. The van der Waals surface area contributed by atoms with Gasteiger partial charge in [-0.05, 0) is 25.2 Å². The Morgan fingerprint density at radius 3 is 2.53 bits per heavy atom. The lowest BCUT2D eigenvalue weighted by atomic mass is 9.82. The number of carbonyl (C=O) groups excluding carboxylic acids is 1. The molecule has 0 aromatic carbocycles. The summed E-state index contributed by atoms with van der Waals surface area (Å²) in [6.07, 6.45) is 4.91. The number of rotatable bonds is 4. The summed E-state index contributed by atoms with van der Waals surface area (Å²) in [5.41, 5.74) is 0. The van der Waals surface area contributed by atoms with Gasteiger partial charge in [0.25, 0.3) is 0 Å². The number of hydrogen-bond donors (Lipinski definition) is 1. The number of carboxylic acids is 1. The Hall–Kier alpha value is -1.83. The Morgan fingerprint density at radius 2 is 2.00 bits per heavy atom. The van der Waals surface area contributed by atoms with Crippen molar-refractivity contribution in [1.29, 1.82) is 5.26 Å². The van der Waals surface area contributed by atoms with Crippen molar-refractivity contribution in [3.63, 3.8) is 0 Å². The first-order chi connectivity index (χ1) is 8.97. The summed E-state index contributed by atoms with van der Waals surface area (Å²) in [7, 11) is 1.65. The van der Waals surface area contributed by atoms with Crippen LogP contribution < -0.4 is 0 Å². The fourth-order valence-electron chi connectivity index (χ4n) is 3.22. The van der Waals surface area contributed by atoms with Gasteiger partial charge in [0.2, 0.25) is 5.91 Å². The Morgan fingerprint density at radius 1 is 1.42 bits per heavy atom. The molecular formula is C14H18N2O3. The molecule has 0 heterocycles. The van der Waals surface area contributed by atoms with Gasteiger partial charge in [-0.25, -0.2) is 0 Å². The lowest BCUT2D eigenvalue weighted by Gasteiger charge is -2.31. The Bertz CT molecular complexity index is 466. The normalized spacial score (nSPS) is 32.9. The fraction of sp³-hybridized carbons (Fsp3) is 0.643. The number of nitriles is 1. The molecule has 1 N–H and O–H groups in total. The summed E-state index contributed by atoms with van der Waals surface area (Å²) in [5, 5.41) is 18.0. The zero-order chi connectivity index (χ0) is 14.2. The molecule has 0 aromatic heterocycles. The topological polar surface area (TPSA) is 81.4 Å². The van der Waals surface area contributed by atoms with Crippen LogP contribution in [0, 0.1) is 35.0 Å². The molecule has 2 aliphatic carbocycles. The number of carbonyl (C=O) groups is 2. The van der Waals surface area contributed by atoms with Crippen molar-refractivity contribution < 1.29 is 14.7 Å². The second kappa shape index (κ2) is 5.04. The minimum absolute atomic E-state index is 0.0175. The summed E-state index contributed by atoms with van der Waals surface area (Å²) in [6.45, 7) is 1.81.